The summed E-state index contributed by atoms with van der Waals surface area (Å²) < 4.78 is 5.93. The highest BCUT2D eigenvalue weighted by Gasteiger charge is 2.09. The Labute approximate surface area is 78.8 Å². The van der Waals surface area contributed by atoms with Gasteiger partial charge in [0.15, 0.2) is 0 Å². The van der Waals surface area contributed by atoms with E-state index in [9.17, 15) is 4.79 Å². The van der Waals surface area contributed by atoms with E-state index >= 15 is 0 Å². The van der Waals surface area contributed by atoms with Crippen molar-refractivity contribution in [3.8, 4) is 11.8 Å². The molecule has 0 atom stereocenters. The molecule has 0 fully saturated rings. The predicted octanol–water partition coefficient (Wildman–Crippen LogP) is 0.116. The maximum absolute atomic E-state index is 10.7. The molecule has 14 heavy (non-hydrogen) atoms. The summed E-state index contributed by atoms with van der Waals surface area (Å²) in [6.07, 6.45) is 1.28. The lowest BCUT2D eigenvalue weighted by Crippen LogP contribution is -2.31. The van der Waals surface area contributed by atoms with Crippen LogP contribution < -0.4 is 10.3 Å². The Morgan fingerprint density at radius 1 is 1.36 bits per heavy atom. The first kappa shape index (κ1) is 8.26. The maximum Gasteiger partial charge on any atom is 0.427 e. The minimum absolute atomic E-state index is 0.450. The minimum Gasteiger partial charge on any atom is -0.283 e. The largest absolute Gasteiger partial charge is 0.427 e. The van der Waals surface area contributed by atoms with Gasteiger partial charge in [-0.25, -0.2) is 4.79 Å². The van der Waals surface area contributed by atoms with Crippen molar-refractivity contribution in [1.29, 1.82) is 5.26 Å². The Balaban J connectivity index is 2.44. The van der Waals surface area contributed by atoms with E-state index in [4.69, 9.17) is 5.26 Å². The summed E-state index contributed by atoms with van der Waals surface area (Å²) in [5.41, 5.74) is 0.851. The Morgan fingerprint density at radius 3 is 2.57 bits per heavy atom. The van der Waals surface area contributed by atoms with E-state index in [1.54, 1.807) is 24.3 Å². The lowest BCUT2D eigenvalue weighted by atomic mass is 10.2. The van der Waals surface area contributed by atoms with Gasteiger partial charge in [-0.2, -0.15) is 5.26 Å². The van der Waals surface area contributed by atoms with Crippen LogP contribution in [0.25, 0.3) is 5.69 Å². The van der Waals surface area contributed by atoms with E-state index in [0.717, 1.165) is 5.69 Å². The third-order valence-electron chi connectivity index (χ3n) is 1.75. The van der Waals surface area contributed by atoms with Crippen molar-refractivity contribution >= 4 is 0 Å². The van der Waals surface area contributed by atoms with Crippen LogP contribution in [0.2, 0.25) is 0 Å². The predicted molar refractivity (Wildman–Crippen MR) is 45.6 cm³/mol. The summed E-state index contributed by atoms with van der Waals surface area (Å²) in [7, 11) is 0. The second-order valence-electron chi connectivity index (χ2n) is 2.67. The van der Waals surface area contributed by atoms with Gasteiger partial charge in [0, 0.05) is 12.1 Å². The molecule has 0 bridgehead atoms. The van der Waals surface area contributed by atoms with E-state index < -0.39 is 5.63 Å². The van der Waals surface area contributed by atoms with Gasteiger partial charge in [0.25, 0.3) is 6.20 Å². The van der Waals surface area contributed by atoms with Gasteiger partial charge in [-0.3, -0.25) is 4.52 Å². The molecule has 5 nitrogen and oxygen atoms in total. The second-order valence-corrected chi connectivity index (χ2v) is 2.67. The van der Waals surface area contributed by atoms with Crippen LogP contribution in [-0.2, 0) is 0 Å². The zero-order chi connectivity index (χ0) is 9.97. The molecule has 5 heteroatoms. The molecule has 68 valence electrons. The average molecular weight is 188 g/mol. The zero-order valence-electron chi connectivity index (χ0n) is 7.10. The molecule has 0 aliphatic carbocycles. The van der Waals surface area contributed by atoms with Crippen LogP contribution in [0.4, 0.5) is 0 Å². The first-order valence-corrected chi connectivity index (χ1v) is 3.90. The molecule has 2 rings (SSSR count). The van der Waals surface area contributed by atoms with Gasteiger partial charge >= 0.3 is 5.63 Å². The summed E-state index contributed by atoms with van der Waals surface area (Å²) in [6.45, 7) is 0. The first-order chi connectivity index (χ1) is 6.79. The molecule has 1 N–H and O–H groups in total. The lowest BCUT2D eigenvalue weighted by molar-refractivity contribution is -0.670. The molecular weight excluding hydrogens is 182 g/mol. The number of aromatic amines is 1. The summed E-state index contributed by atoms with van der Waals surface area (Å²) >= 11 is 0. The summed E-state index contributed by atoms with van der Waals surface area (Å²) in [6, 6.07) is 8.75. The van der Waals surface area contributed by atoms with Gasteiger partial charge in [0.1, 0.15) is 0 Å². The summed E-state index contributed by atoms with van der Waals surface area (Å²) in [4.78, 5) is 10.7. The van der Waals surface area contributed by atoms with Gasteiger partial charge in [-0.15, -0.1) is 0 Å². The molecule has 0 aliphatic rings. The molecular formula is C9H6N3O2+. The number of benzene rings is 1. The number of hydrogen-bond donors (Lipinski definition) is 1. The first-order valence-electron chi connectivity index (χ1n) is 3.90. The highest BCUT2D eigenvalue weighted by atomic mass is 16.5. The number of nitrogens with zero attached hydrogens (tertiary/aromatic N) is 2. The Kier molecular flexibility index (Phi) is 1.88. The molecule has 0 unspecified atom stereocenters. The van der Waals surface area contributed by atoms with Gasteiger partial charge in [0.05, 0.1) is 11.6 Å². The molecule has 1 aromatic heterocycles. The SMILES string of the molecule is N#Cc1ccc(-[n+]2cc(=O)o[nH]2)cc1. The zero-order valence-corrected chi connectivity index (χ0v) is 7.10. The highest BCUT2D eigenvalue weighted by Crippen LogP contribution is 2.01. The van der Waals surface area contributed by atoms with Crippen LogP contribution in [0.15, 0.2) is 39.8 Å². The number of aromatic nitrogens is 2. The van der Waals surface area contributed by atoms with Crippen molar-refractivity contribution in [2.45, 2.75) is 0 Å². The fourth-order valence-corrected chi connectivity index (χ4v) is 1.08. The second kappa shape index (κ2) is 3.18. The van der Waals surface area contributed by atoms with Gasteiger partial charge in [-0.05, 0) is 22.1 Å². The van der Waals surface area contributed by atoms with Gasteiger partial charge in [-0.1, -0.05) is 0 Å². The van der Waals surface area contributed by atoms with E-state index in [-0.39, 0.29) is 0 Å². The van der Waals surface area contributed by atoms with Crippen LogP contribution >= 0.6 is 0 Å². The normalized spacial score (nSPS) is 9.64. The third-order valence-corrected chi connectivity index (χ3v) is 1.75. The summed E-state index contributed by atoms with van der Waals surface area (Å²) in [5.74, 6) is 0. The molecule has 2 aromatic rings. The fourth-order valence-electron chi connectivity index (χ4n) is 1.08. The molecule has 0 saturated heterocycles. The highest BCUT2D eigenvalue weighted by molar-refractivity contribution is 5.34. The van der Waals surface area contributed by atoms with E-state index in [2.05, 4.69) is 9.79 Å². The molecule has 0 amide bonds. The molecule has 1 heterocycles. The number of hydrogen-bond acceptors (Lipinski definition) is 3. The lowest BCUT2D eigenvalue weighted by Gasteiger charge is -1.88. The van der Waals surface area contributed by atoms with Crippen molar-refractivity contribution in [3.63, 3.8) is 0 Å². The molecule has 0 saturated carbocycles. The number of H-pyrrole nitrogens is 1. The Hall–Kier alpha value is -2.35. The Bertz CT molecular complexity index is 530. The Morgan fingerprint density at radius 2 is 2.07 bits per heavy atom. The van der Waals surface area contributed by atoms with Crippen LogP contribution in [0, 0.1) is 11.3 Å². The minimum atomic E-state index is -0.450. The van der Waals surface area contributed by atoms with E-state index in [1.165, 1.54) is 10.9 Å². The topological polar surface area (TPSA) is 73.7 Å². The van der Waals surface area contributed by atoms with Gasteiger partial charge in [0.2, 0.25) is 5.69 Å². The van der Waals surface area contributed by atoms with Gasteiger partial charge < -0.3 is 0 Å². The van der Waals surface area contributed by atoms with Crippen LogP contribution in [0.5, 0.6) is 0 Å². The van der Waals surface area contributed by atoms with Crippen molar-refractivity contribution in [2.24, 2.45) is 0 Å². The number of nitriles is 1. The summed E-state index contributed by atoms with van der Waals surface area (Å²) in [5, 5.41) is 11.0. The molecule has 0 spiro atoms. The van der Waals surface area contributed by atoms with Crippen LogP contribution in [0.1, 0.15) is 5.56 Å². The monoisotopic (exact) mass is 188 g/mol. The van der Waals surface area contributed by atoms with E-state index in [1.807, 2.05) is 6.07 Å². The van der Waals surface area contributed by atoms with Crippen molar-refractivity contribution in [2.75, 3.05) is 0 Å². The van der Waals surface area contributed by atoms with Crippen LogP contribution in [0.3, 0.4) is 0 Å². The van der Waals surface area contributed by atoms with Crippen LogP contribution in [-0.4, -0.2) is 5.27 Å². The van der Waals surface area contributed by atoms with Crippen molar-refractivity contribution < 1.29 is 9.20 Å². The molecule has 0 aliphatic heterocycles. The van der Waals surface area contributed by atoms with E-state index in [0.29, 0.717) is 5.56 Å². The van der Waals surface area contributed by atoms with Crippen molar-refractivity contribution in [3.05, 3.63) is 46.4 Å². The molecule has 1 aromatic carbocycles. The van der Waals surface area contributed by atoms with Crippen molar-refractivity contribution in [1.82, 2.24) is 5.27 Å². The number of rotatable bonds is 1. The molecule has 0 radical (unpaired) electrons. The maximum atomic E-state index is 10.7. The fraction of sp³-hybridized carbons (Fsp3) is 0. The standard InChI is InChI=1S/C9H5N3O2/c10-5-7-1-3-8(4-2-7)12-6-9(13)14-11-12/h1-4,6H/p+1. The quantitative estimate of drug-likeness (QED) is 0.646. The average Bonchev–Trinajstić information content (AvgIpc) is 2.65. The number of nitrogens with one attached hydrogen (secondary N) is 1. The third kappa shape index (κ3) is 1.41. The smallest absolute Gasteiger partial charge is 0.283 e.